The van der Waals surface area contributed by atoms with E-state index in [1.807, 2.05) is 0 Å². The number of nitrogens with one attached hydrogen (secondary N) is 1. The maximum absolute atomic E-state index is 4.07. The van der Waals surface area contributed by atoms with Gasteiger partial charge in [0.25, 0.3) is 0 Å². The van der Waals surface area contributed by atoms with Crippen molar-refractivity contribution in [2.45, 2.75) is 63.8 Å². The molecule has 1 N–H and O–H groups in total. The van der Waals surface area contributed by atoms with Crippen LogP contribution in [-0.4, -0.2) is 12.6 Å². The molecule has 0 aromatic rings. The van der Waals surface area contributed by atoms with Crippen LogP contribution in [0.25, 0.3) is 0 Å². The first-order valence-electron chi connectivity index (χ1n) is 9.13. The van der Waals surface area contributed by atoms with Gasteiger partial charge < -0.3 is 5.32 Å². The van der Waals surface area contributed by atoms with Gasteiger partial charge in [0.1, 0.15) is 0 Å². The molecule has 5 aliphatic carbocycles. The average molecular weight is 259 g/mol. The predicted molar refractivity (Wildman–Crippen MR) is 77.8 cm³/mol. The van der Waals surface area contributed by atoms with E-state index in [1.165, 1.54) is 13.0 Å². The zero-order chi connectivity index (χ0) is 12.4. The molecular weight excluding hydrogens is 230 g/mol. The Morgan fingerprint density at radius 1 is 0.789 bits per heavy atom. The lowest BCUT2D eigenvalue weighted by Gasteiger charge is -2.33. The molecule has 1 nitrogen and oxygen atoms in total. The van der Waals surface area contributed by atoms with Gasteiger partial charge in [0.15, 0.2) is 0 Å². The van der Waals surface area contributed by atoms with Gasteiger partial charge in [-0.15, -0.1) is 0 Å². The highest BCUT2D eigenvalue weighted by Gasteiger charge is 2.53. The average Bonchev–Trinajstić information content (AvgIpc) is 3.30. The van der Waals surface area contributed by atoms with Gasteiger partial charge in [0.2, 0.25) is 0 Å². The van der Waals surface area contributed by atoms with Crippen molar-refractivity contribution in [2.75, 3.05) is 6.54 Å². The van der Waals surface area contributed by atoms with E-state index in [1.54, 1.807) is 51.4 Å². The molecule has 0 aromatic heterocycles. The molecule has 0 heterocycles. The van der Waals surface area contributed by atoms with Crippen molar-refractivity contribution in [2.24, 2.45) is 41.4 Å². The Labute approximate surface area is 117 Å². The summed E-state index contributed by atoms with van der Waals surface area (Å²) in [5, 5.41) is 4.07. The minimum atomic E-state index is 0.921. The first-order chi connectivity index (χ1) is 9.40. The predicted octanol–water partition coefficient (Wildman–Crippen LogP) is 3.84. The highest BCUT2D eigenvalue weighted by Crippen LogP contribution is 2.59. The van der Waals surface area contributed by atoms with Crippen LogP contribution in [0.2, 0.25) is 0 Å². The highest BCUT2D eigenvalue weighted by atomic mass is 15.0. The summed E-state index contributed by atoms with van der Waals surface area (Å²) in [6.45, 7) is 1.38. The van der Waals surface area contributed by atoms with Crippen molar-refractivity contribution >= 4 is 0 Å². The number of hydrogen-bond acceptors (Lipinski definition) is 1. The van der Waals surface area contributed by atoms with Crippen molar-refractivity contribution in [3.8, 4) is 0 Å². The Morgan fingerprint density at radius 2 is 1.53 bits per heavy atom. The molecule has 0 amide bonds. The van der Waals surface area contributed by atoms with E-state index >= 15 is 0 Å². The second-order valence-corrected chi connectivity index (χ2v) is 8.51. The SMILES string of the molecule is C1CC2C3CC(NCC(C4CC4)C4CC4)C(C3)C2C1. The lowest BCUT2D eigenvalue weighted by molar-refractivity contribution is 0.199. The minimum absolute atomic E-state index is 0.921. The Hall–Kier alpha value is -0.0400. The van der Waals surface area contributed by atoms with Crippen LogP contribution in [0.1, 0.15) is 57.8 Å². The lowest BCUT2D eigenvalue weighted by atomic mass is 9.79. The van der Waals surface area contributed by atoms with Gasteiger partial charge in [-0.3, -0.25) is 0 Å². The van der Waals surface area contributed by atoms with Gasteiger partial charge in [-0.2, -0.15) is 0 Å². The molecule has 0 radical (unpaired) electrons. The summed E-state index contributed by atoms with van der Waals surface area (Å²) in [5.41, 5.74) is 0. The van der Waals surface area contributed by atoms with Crippen molar-refractivity contribution in [1.82, 2.24) is 5.32 Å². The van der Waals surface area contributed by atoms with Gasteiger partial charge in [-0.05, 0) is 99.3 Å². The molecule has 5 rings (SSSR count). The third kappa shape index (κ3) is 1.91. The standard InChI is InChI=1S/C18H29N/c1-2-14-13-8-16(15(14)3-1)18(9-13)19-10-17(11-4-5-11)12-6-7-12/h11-19H,1-10H2. The maximum Gasteiger partial charge on any atom is 0.0101 e. The molecule has 5 atom stereocenters. The van der Waals surface area contributed by atoms with Crippen LogP contribution in [0.4, 0.5) is 0 Å². The van der Waals surface area contributed by atoms with Crippen LogP contribution in [0.15, 0.2) is 0 Å². The Balaban J connectivity index is 1.21. The van der Waals surface area contributed by atoms with E-state index in [0.29, 0.717) is 0 Å². The van der Waals surface area contributed by atoms with Crippen molar-refractivity contribution in [3.05, 3.63) is 0 Å². The second-order valence-electron chi connectivity index (χ2n) is 8.51. The van der Waals surface area contributed by atoms with E-state index in [2.05, 4.69) is 5.32 Å². The first-order valence-corrected chi connectivity index (χ1v) is 9.13. The van der Waals surface area contributed by atoms with Crippen molar-refractivity contribution in [1.29, 1.82) is 0 Å². The molecule has 5 unspecified atom stereocenters. The first kappa shape index (κ1) is 11.6. The quantitative estimate of drug-likeness (QED) is 0.791. The number of fused-ring (bicyclic) bond motifs is 5. The summed E-state index contributed by atoms with van der Waals surface area (Å²) >= 11 is 0. The third-order valence-corrected chi connectivity index (χ3v) is 7.50. The molecule has 106 valence electrons. The topological polar surface area (TPSA) is 12.0 Å². The fourth-order valence-electron chi connectivity index (χ4n) is 6.36. The monoisotopic (exact) mass is 259 g/mol. The zero-order valence-electron chi connectivity index (χ0n) is 12.2. The van der Waals surface area contributed by atoms with E-state index in [0.717, 1.165) is 47.5 Å². The van der Waals surface area contributed by atoms with E-state index in [9.17, 15) is 0 Å². The van der Waals surface area contributed by atoms with Gasteiger partial charge in [-0.1, -0.05) is 6.42 Å². The van der Waals surface area contributed by atoms with Crippen molar-refractivity contribution < 1.29 is 0 Å². The molecule has 1 heteroatoms. The van der Waals surface area contributed by atoms with Crippen LogP contribution < -0.4 is 5.32 Å². The normalized spacial score (nSPS) is 48.2. The fourth-order valence-corrected chi connectivity index (χ4v) is 6.36. The molecular formula is C18H29N. The van der Waals surface area contributed by atoms with Crippen LogP contribution in [0, 0.1) is 41.4 Å². The van der Waals surface area contributed by atoms with E-state index in [-0.39, 0.29) is 0 Å². The molecule has 0 spiro atoms. The lowest BCUT2D eigenvalue weighted by Crippen LogP contribution is -2.42. The van der Waals surface area contributed by atoms with E-state index < -0.39 is 0 Å². The molecule has 5 saturated carbocycles. The molecule has 5 fully saturated rings. The van der Waals surface area contributed by atoms with E-state index in [4.69, 9.17) is 0 Å². The van der Waals surface area contributed by atoms with Crippen molar-refractivity contribution in [3.63, 3.8) is 0 Å². The molecule has 0 aliphatic heterocycles. The Morgan fingerprint density at radius 3 is 2.26 bits per heavy atom. The summed E-state index contributed by atoms with van der Waals surface area (Å²) in [6.07, 6.45) is 14.0. The van der Waals surface area contributed by atoms with Crippen LogP contribution in [-0.2, 0) is 0 Å². The molecule has 5 aliphatic rings. The highest BCUT2D eigenvalue weighted by molar-refractivity contribution is 5.06. The second kappa shape index (κ2) is 4.23. The Kier molecular flexibility index (Phi) is 2.58. The smallest absolute Gasteiger partial charge is 0.0101 e. The van der Waals surface area contributed by atoms with Gasteiger partial charge in [0.05, 0.1) is 0 Å². The van der Waals surface area contributed by atoms with Crippen LogP contribution in [0.5, 0.6) is 0 Å². The van der Waals surface area contributed by atoms with Gasteiger partial charge >= 0.3 is 0 Å². The fraction of sp³-hybridized carbons (Fsp3) is 1.00. The molecule has 0 saturated heterocycles. The summed E-state index contributed by atoms with van der Waals surface area (Å²) in [4.78, 5) is 0. The molecule has 19 heavy (non-hydrogen) atoms. The van der Waals surface area contributed by atoms with Crippen LogP contribution >= 0.6 is 0 Å². The number of hydrogen-bond donors (Lipinski definition) is 1. The van der Waals surface area contributed by atoms with Gasteiger partial charge in [-0.25, -0.2) is 0 Å². The summed E-state index contributed by atoms with van der Waals surface area (Å²) in [6, 6.07) is 0.921. The Bertz CT molecular complexity index is 345. The number of rotatable bonds is 5. The third-order valence-electron chi connectivity index (χ3n) is 7.50. The largest absolute Gasteiger partial charge is 0.313 e. The minimum Gasteiger partial charge on any atom is -0.313 e. The maximum atomic E-state index is 4.07. The van der Waals surface area contributed by atoms with Gasteiger partial charge in [0, 0.05) is 6.04 Å². The summed E-state index contributed by atoms with van der Waals surface area (Å²) in [5.74, 6) is 7.81. The zero-order valence-corrected chi connectivity index (χ0v) is 12.2. The van der Waals surface area contributed by atoms with Crippen LogP contribution in [0.3, 0.4) is 0 Å². The molecule has 0 aromatic carbocycles. The summed E-state index contributed by atoms with van der Waals surface area (Å²) < 4.78 is 0. The molecule has 2 bridgehead atoms. The summed E-state index contributed by atoms with van der Waals surface area (Å²) in [7, 11) is 0.